The summed E-state index contributed by atoms with van der Waals surface area (Å²) in [6, 6.07) is 1.89. The first kappa shape index (κ1) is 12.9. The molecule has 0 aliphatic carbocycles. The van der Waals surface area contributed by atoms with Gasteiger partial charge in [-0.1, -0.05) is 13.8 Å². The molecule has 1 N–H and O–H groups in total. The van der Waals surface area contributed by atoms with Crippen LogP contribution in [0.2, 0.25) is 0 Å². The van der Waals surface area contributed by atoms with E-state index in [0.29, 0.717) is 12.0 Å². The molecule has 92 valence electrons. The van der Waals surface area contributed by atoms with Crippen molar-refractivity contribution in [1.29, 1.82) is 0 Å². The molecule has 1 aromatic rings. The molecule has 1 rings (SSSR count). The number of rotatable bonds is 4. The number of phenolic OH excluding ortho intramolecular Hbond substituents is 1. The maximum atomic E-state index is 10.8. The van der Waals surface area contributed by atoms with Crippen molar-refractivity contribution in [3.05, 3.63) is 37.9 Å². The summed E-state index contributed by atoms with van der Waals surface area (Å²) in [5, 5.41) is 30.8. The third kappa shape index (κ3) is 2.90. The van der Waals surface area contributed by atoms with Crippen molar-refractivity contribution in [2.45, 2.75) is 20.3 Å². The summed E-state index contributed by atoms with van der Waals surface area (Å²) < 4.78 is 0. The first-order valence-electron chi connectivity index (χ1n) is 4.97. The predicted octanol–water partition coefficient (Wildman–Crippen LogP) is 2.41. The maximum absolute atomic E-state index is 10.8. The van der Waals surface area contributed by atoms with Crippen molar-refractivity contribution in [3.8, 4) is 5.75 Å². The van der Waals surface area contributed by atoms with Crippen LogP contribution in [0.4, 0.5) is 11.4 Å². The van der Waals surface area contributed by atoms with Gasteiger partial charge in [-0.05, 0) is 18.4 Å². The van der Waals surface area contributed by atoms with E-state index in [4.69, 9.17) is 0 Å². The van der Waals surface area contributed by atoms with E-state index in [0.717, 1.165) is 12.1 Å². The molecule has 7 nitrogen and oxygen atoms in total. The first-order valence-corrected chi connectivity index (χ1v) is 4.97. The average Bonchev–Trinajstić information content (AvgIpc) is 2.15. The lowest BCUT2D eigenvalue weighted by Crippen LogP contribution is -2.01. The Balaban J connectivity index is 3.35. The third-order valence-electron chi connectivity index (χ3n) is 2.20. The van der Waals surface area contributed by atoms with Crippen LogP contribution in [-0.4, -0.2) is 15.0 Å². The fourth-order valence-electron chi connectivity index (χ4n) is 1.53. The molecule has 0 unspecified atom stereocenters. The zero-order chi connectivity index (χ0) is 13.2. The number of phenols is 1. The van der Waals surface area contributed by atoms with Crippen molar-refractivity contribution in [1.82, 2.24) is 0 Å². The van der Waals surface area contributed by atoms with E-state index < -0.39 is 21.3 Å². The monoisotopic (exact) mass is 240 g/mol. The standard InChI is InChI=1S/C10H12N2O5/c1-6(2)3-7-4-10(13)9(12(16)17)5-8(7)11(14)15/h4-6,13H,3H2,1-2H3. The van der Waals surface area contributed by atoms with Gasteiger partial charge < -0.3 is 5.11 Å². The quantitative estimate of drug-likeness (QED) is 0.642. The van der Waals surface area contributed by atoms with E-state index in [1.165, 1.54) is 0 Å². The summed E-state index contributed by atoms with van der Waals surface area (Å²) >= 11 is 0. The fraction of sp³-hybridized carbons (Fsp3) is 0.400. The van der Waals surface area contributed by atoms with Crippen LogP contribution < -0.4 is 0 Å². The zero-order valence-electron chi connectivity index (χ0n) is 9.41. The summed E-state index contributed by atoms with van der Waals surface area (Å²) in [5.74, 6) is -0.397. The van der Waals surface area contributed by atoms with Crippen LogP contribution in [0, 0.1) is 26.1 Å². The first-order chi connectivity index (χ1) is 7.82. The van der Waals surface area contributed by atoms with Gasteiger partial charge in [0, 0.05) is 5.56 Å². The molecule has 17 heavy (non-hydrogen) atoms. The molecule has 7 heteroatoms. The lowest BCUT2D eigenvalue weighted by Gasteiger charge is -2.06. The van der Waals surface area contributed by atoms with Crippen LogP contribution in [0.1, 0.15) is 19.4 Å². The maximum Gasteiger partial charge on any atom is 0.317 e. The topological polar surface area (TPSA) is 107 Å². The summed E-state index contributed by atoms with van der Waals surface area (Å²) in [6.07, 6.45) is 0.377. The zero-order valence-corrected chi connectivity index (χ0v) is 9.41. The third-order valence-corrected chi connectivity index (χ3v) is 2.20. The highest BCUT2D eigenvalue weighted by atomic mass is 16.6. The Bertz CT molecular complexity index is 470. The van der Waals surface area contributed by atoms with E-state index in [-0.39, 0.29) is 11.6 Å². The van der Waals surface area contributed by atoms with E-state index in [1.54, 1.807) is 0 Å². The average molecular weight is 240 g/mol. The largest absolute Gasteiger partial charge is 0.502 e. The minimum Gasteiger partial charge on any atom is -0.502 e. The molecule has 0 atom stereocenters. The molecule has 0 amide bonds. The SMILES string of the molecule is CC(C)Cc1cc(O)c([N+](=O)[O-])cc1[N+](=O)[O-]. The highest BCUT2D eigenvalue weighted by molar-refractivity contribution is 5.57. The summed E-state index contributed by atoms with van der Waals surface area (Å²) in [4.78, 5) is 19.8. The lowest BCUT2D eigenvalue weighted by atomic mass is 10.0. The van der Waals surface area contributed by atoms with Crippen LogP contribution in [0.3, 0.4) is 0 Å². The van der Waals surface area contributed by atoms with Crippen LogP contribution in [0.5, 0.6) is 5.75 Å². The number of nitro groups is 2. The minimum atomic E-state index is -0.846. The number of benzene rings is 1. The summed E-state index contributed by atoms with van der Waals surface area (Å²) in [6.45, 7) is 3.73. The van der Waals surface area contributed by atoms with E-state index in [2.05, 4.69) is 0 Å². The lowest BCUT2D eigenvalue weighted by molar-refractivity contribution is -0.395. The summed E-state index contributed by atoms with van der Waals surface area (Å²) in [5.41, 5.74) is -0.680. The van der Waals surface area contributed by atoms with Gasteiger partial charge in [-0.2, -0.15) is 0 Å². The van der Waals surface area contributed by atoms with Gasteiger partial charge in [0.05, 0.1) is 15.9 Å². The highest BCUT2D eigenvalue weighted by Gasteiger charge is 2.24. The molecule has 0 bridgehead atoms. The molecule has 0 aliphatic heterocycles. The molecular formula is C10H12N2O5. The summed E-state index contributed by atoms with van der Waals surface area (Å²) in [7, 11) is 0. The van der Waals surface area contributed by atoms with Crippen molar-refractivity contribution in [3.63, 3.8) is 0 Å². The Morgan fingerprint density at radius 3 is 2.12 bits per heavy atom. The Kier molecular flexibility index (Phi) is 3.62. The number of hydrogen-bond donors (Lipinski definition) is 1. The van der Waals surface area contributed by atoms with E-state index in [9.17, 15) is 25.3 Å². The van der Waals surface area contributed by atoms with Gasteiger partial charge in [0.1, 0.15) is 0 Å². The molecule has 0 aliphatic rings. The van der Waals surface area contributed by atoms with Crippen LogP contribution in [0.15, 0.2) is 12.1 Å². The molecule has 1 aromatic carbocycles. The van der Waals surface area contributed by atoms with Gasteiger partial charge in [0.2, 0.25) is 0 Å². The van der Waals surface area contributed by atoms with Gasteiger partial charge in [0.15, 0.2) is 5.75 Å². The normalized spacial score (nSPS) is 10.5. The molecule has 0 radical (unpaired) electrons. The molecule has 0 heterocycles. The van der Waals surface area contributed by atoms with Crippen molar-refractivity contribution in [2.24, 2.45) is 5.92 Å². The number of hydrogen-bond acceptors (Lipinski definition) is 5. The molecule has 0 spiro atoms. The van der Waals surface area contributed by atoms with Gasteiger partial charge in [0.25, 0.3) is 5.69 Å². The molecule has 0 saturated heterocycles. The van der Waals surface area contributed by atoms with Gasteiger partial charge in [-0.25, -0.2) is 0 Å². The van der Waals surface area contributed by atoms with Crippen molar-refractivity contribution in [2.75, 3.05) is 0 Å². The second kappa shape index (κ2) is 4.77. The highest BCUT2D eigenvalue weighted by Crippen LogP contribution is 2.34. The van der Waals surface area contributed by atoms with E-state index in [1.807, 2.05) is 13.8 Å². The number of nitrogens with zero attached hydrogens (tertiary/aromatic N) is 2. The van der Waals surface area contributed by atoms with Gasteiger partial charge in [-0.3, -0.25) is 20.2 Å². The van der Waals surface area contributed by atoms with Gasteiger partial charge >= 0.3 is 5.69 Å². The Morgan fingerprint density at radius 1 is 1.18 bits per heavy atom. The molecule has 0 aromatic heterocycles. The Labute approximate surface area is 97.0 Å². The molecule has 0 saturated carbocycles. The van der Waals surface area contributed by atoms with Crippen molar-refractivity contribution < 1.29 is 15.0 Å². The smallest absolute Gasteiger partial charge is 0.317 e. The second-order valence-electron chi connectivity index (χ2n) is 4.08. The second-order valence-corrected chi connectivity index (χ2v) is 4.08. The molecular weight excluding hydrogens is 228 g/mol. The number of nitro benzene ring substituents is 2. The Morgan fingerprint density at radius 2 is 1.71 bits per heavy atom. The fourth-order valence-corrected chi connectivity index (χ4v) is 1.53. The predicted molar refractivity (Wildman–Crippen MR) is 60.0 cm³/mol. The molecule has 0 fully saturated rings. The van der Waals surface area contributed by atoms with E-state index >= 15 is 0 Å². The van der Waals surface area contributed by atoms with Crippen LogP contribution >= 0.6 is 0 Å². The minimum absolute atomic E-state index is 0.148. The van der Waals surface area contributed by atoms with Crippen LogP contribution in [0.25, 0.3) is 0 Å². The van der Waals surface area contributed by atoms with Crippen LogP contribution in [-0.2, 0) is 6.42 Å². The van der Waals surface area contributed by atoms with Gasteiger partial charge in [-0.15, -0.1) is 0 Å². The Hall–Kier alpha value is -2.18. The number of aromatic hydroxyl groups is 1. The van der Waals surface area contributed by atoms with Crippen molar-refractivity contribution >= 4 is 11.4 Å².